The third kappa shape index (κ3) is 3.57. The standard InChI is InChI=1S/C27H35NO/c1-5-18(6-2)8-7-9-20-21-11-10-19(17(3)28-4)16-25(21)27-23(20)13-12-22-24(27)14-15-26(22)29/h10-13,16-18,20,28H,5-9,14-15H2,1-4H3. The molecule has 2 aromatic rings. The minimum Gasteiger partial charge on any atom is -0.313 e. The molecule has 0 bridgehead atoms. The van der Waals surface area contributed by atoms with Crippen molar-refractivity contribution >= 4 is 5.78 Å². The maximum atomic E-state index is 12.4. The van der Waals surface area contributed by atoms with E-state index in [0.29, 0.717) is 24.2 Å². The lowest BCUT2D eigenvalue weighted by atomic mass is 9.87. The Balaban J connectivity index is 1.73. The van der Waals surface area contributed by atoms with Gasteiger partial charge in [-0.3, -0.25) is 4.79 Å². The number of hydrogen-bond acceptors (Lipinski definition) is 2. The van der Waals surface area contributed by atoms with Crippen LogP contribution in [0.1, 0.15) is 104 Å². The average Bonchev–Trinajstić information content (AvgIpc) is 3.28. The van der Waals surface area contributed by atoms with Gasteiger partial charge in [0.25, 0.3) is 0 Å². The molecule has 0 aliphatic heterocycles. The second-order valence-electron chi connectivity index (χ2n) is 9.00. The van der Waals surface area contributed by atoms with E-state index in [4.69, 9.17) is 0 Å². The maximum absolute atomic E-state index is 12.4. The fraction of sp³-hybridized carbons (Fsp3) is 0.519. The molecule has 0 amide bonds. The zero-order valence-corrected chi connectivity index (χ0v) is 18.5. The quantitative estimate of drug-likeness (QED) is 0.537. The normalized spacial score (nSPS) is 18.1. The monoisotopic (exact) mass is 389 g/mol. The zero-order chi connectivity index (χ0) is 20.5. The van der Waals surface area contributed by atoms with E-state index in [1.54, 1.807) is 0 Å². The lowest BCUT2D eigenvalue weighted by molar-refractivity contribution is 0.0994. The summed E-state index contributed by atoms with van der Waals surface area (Å²) >= 11 is 0. The van der Waals surface area contributed by atoms with Crippen LogP contribution >= 0.6 is 0 Å². The maximum Gasteiger partial charge on any atom is 0.163 e. The summed E-state index contributed by atoms with van der Waals surface area (Å²) in [6.45, 7) is 6.85. The largest absolute Gasteiger partial charge is 0.313 e. The Labute approximate surface area is 176 Å². The second kappa shape index (κ2) is 8.44. The number of ketones is 1. The van der Waals surface area contributed by atoms with Crippen LogP contribution in [0.5, 0.6) is 0 Å². The van der Waals surface area contributed by atoms with Gasteiger partial charge in [-0.05, 0) is 72.2 Å². The van der Waals surface area contributed by atoms with Gasteiger partial charge in [0.05, 0.1) is 0 Å². The Morgan fingerprint density at radius 2 is 1.79 bits per heavy atom. The fourth-order valence-electron chi connectivity index (χ4n) is 5.48. The SMILES string of the molecule is CCC(CC)CCCC1c2ccc(C(C)NC)cc2-c2c1ccc1c2CCC1=O. The molecular weight excluding hydrogens is 354 g/mol. The minimum absolute atomic E-state index is 0.321. The molecule has 2 aliphatic carbocycles. The van der Waals surface area contributed by atoms with Crippen molar-refractivity contribution in [1.82, 2.24) is 5.32 Å². The molecule has 2 aromatic carbocycles. The molecule has 29 heavy (non-hydrogen) atoms. The van der Waals surface area contributed by atoms with Crippen LogP contribution in [-0.4, -0.2) is 12.8 Å². The number of carbonyl (C=O) groups is 1. The van der Waals surface area contributed by atoms with Crippen LogP contribution < -0.4 is 5.32 Å². The first-order valence-corrected chi connectivity index (χ1v) is 11.6. The van der Waals surface area contributed by atoms with Crippen LogP contribution in [-0.2, 0) is 6.42 Å². The molecular formula is C27H35NO. The van der Waals surface area contributed by atoms with Crippen molar-refractivity contribution in [2.75, 3.05) is 7.05 Å². The number of rotatable bonds is 8. The van der Waals surface area contributed by atoms with Crippen LogP contribution in [0.25, 0.3) is 11.1 Å². The van der Waals surface area contributed by atoms with Gasteiger partial charge in [0.2, 0.25) is 0 Å². The van der Waals surface area contributed by atoms with Gasteiger partial charge >= 0.3 is 0 Å². The highest BCUT2D eigenvalue weighted by Gasteiger charge is 2.34. The highest BCUT2D eigenvalue weighted by molar-refractivity contribution is 6.03. The Morgan fingerprint density at radius 3 is 2.52 bits per heavy atom. The Kier molecular flexibility index (Phi) is 5.92. The molecule has 2 heteroatoms. The molecule has 2 aliphatic rings. The number of benzene rings is 2. The summed E-state index contributed by atoms with van der Waals surface area (Å²) in [5.41, 5.74) is 9.33. The van der Waals surface area contributed by atoms with E-state index in [9.17, 15) is 4.79 Å². The van der Waals surface area contributed by atoms with Gasteiger partial charge in [-0.2, -0.15) is 0 Å². The first kappa shape index (κ1) is 20.3. The molecule has 0 saturated heterocycles. The van der Waals surface area contributed by atoms with Crippen molar-refractivity contribution in [2.24, 2.45) is 5.92 Å². The molecule has 1 N–H and O–H groups in total. The highest BCUT2D eigenvalue weighted by atomic mass is 16.1. The predicted octanol–water partition coefficient (Wildman–Crippen LogP) is 6.81. The topological polar surface area (TPSA) is 29.1 Å². The van der Waals surface area contributed by atoms with Gasteiger partial charge in [-0.25, -0.2) is 0 Å². The van der Waals surface area contributed by atoms with Crippen molar-refractivity contribution in [3.8, 4) is 11.1 Å². The number of carbonyl (C=O) groups excluding carboxylic acids is 1. The molecule has 0 heterocycles. The smallest absolute Gasteiger partial charge is 0.163 e. The molecule has 2 nitrogen and oxygen atoms in total. The first-order valence-electron chi connectivity index (χ1n) is 11.6. The lowest BCUT2D eigenvalue weighted by Gasteiger charge is -2.17. The van der Waals surface area contributed by atoms with Crippen molar-refractivity contribution in [3.63, 3.8) is 0 Å². The summed E-state index contributed by atoms with van der Waals surface area (Å²) in [4.78, 5) is 12.4. The number of fused-ring (bicyclic) bond motifs is 5. The van der Waals surface area contributed by atoms with E-state index in [-0.39, 0.29) is 0 Å². The van der Waals surface area contributed by atoms with Gasteiger partial charge in [0.1, 0.15) is 0 Å². The first-order chi connectivity index (χ1) is 14.1. The Morgan fingerprint density at radius 1 is 1.03 bits per heavy atom. The summed E-state index contributed by atoms with van der Waals surface area (Å²) < 4.78 is 0. The summed E-state index contributed by atoms with van der Waals surface area (Å²) in [6.07, 6.45) is 7.97. The summed E-state index contributed by atoms with van der Waals surface area (Å²) in [6, 6.07) is 11.8. The van der Waals surface area contributed by atoms with E-state index >= 15 is 0 Å². The molecule has 2 atom stereocenters. The molecule has 154 valence electrons. The van der Waals surface area contributed by atoms with Crippen molar-refractivity contribution in [2.45, 2.75) is 77.7 Å². The number of hydrogen-bond donors (Lipinski definition) is 1. The second-order valence-corrected chi connectivity index (χ2v) is 9.00. The van der Waals surface area contributed by atoms with E-state index in [1.165, 1.54) is 65.5 Å². The third-order valence-corrected chi connectivity index (χ3v) is 7.54. The molecule has 0 spiro atoms. The summed E-state index contributed by atoms with van der Waals surface area (Å²) in [7, 11) is 2.02. The molecule has 0 fully saturated rings. The average molecular weight is 390 g/mol. The number of Topliss-reactive ketones (excluding diaryl/α,β-unsaturated/α-hetero) is 1. The van der Waals surface area contributed by atoms with Gasteiger partial charge < -0.3 is 5.32 Å². The van der Waals surface area contributed by atoms with Gasteiger partial charge in [-0.1, -0.05) is 63.8 Å². The molecule has 0 radical (unpaired) electrons. The minimum atomic E-state index is 0.321. The van der Waals surface area contributed by atoms with E-state index < -0.39 is 0 Å². The third-order valence-electron chi connectivity index (χ3n) is 7.54. The van der Waals surface area contributed by atoms with Crippen LogP contribution in [0, 0.1) is 5.92 Å². The van der Waals surface area contributed by atoms with E-state index in [1.807, 2.05) is 7.05 Å². The van der Waals surface area contributed by atoms with Crippen molar-refractivity contribution < 1.29 is 4.79 Å². The van der Waals surface area contributed by atoms with E-state index in [2.05, 4.69) is 56.4 Å². The molecule has 2 unspecified atom stereocenters. The molecule has 0 saturated carbocycles. The van der Waals surface area contributed by atoms with Crippen molar-refractivity contribution in [1.29, 1.82) is 0 Å². The van der Waals surface area contributed by atoms with Crippen LogP contribution in [0.2, 0.25) is 0 Å². The summed E-state index contributed by atoms with van der Waals surface area (Å²) in [5.74, 6) is 1.66. The predicted molar refractivity (Wildman–Crippen MR) is 122 cm³/mol. The number of nitrogens with one attached hydrogen (secondary N) is 1. The fourth-order valence-corrected chi connectivity index (χ4v) is 5.48. The van der Waals surface area contributed by atoms with Crippen molar-refractivity contribution in [3.05, 3.63) is 58.1 Å². The zero-order valence-electron chi connectivity index (χ0n) is 18.5. The van der Waals surface area contributed by atoms with Crippen LogP contribution in [0.4, 0.5) is 0 Å². The van der Waals surface area contributed by atoms with Crippen LogP contribution in [0.15, 0.2) is 30.3 Å². The van der Waals surface area contributed by atoms with E-state index in [0.717, 1.165) is 17.9 Å². The Bertz CT molecular complexity index is 909. The van der Waals surface area contributed by atoms with Gasteiger partial charge in [-0.15, -0.1) is 0 Å². The lowest BCUT2D eigenvalue weighted by Crippen LogP contribution is -2.12. The highest BCUT2D eigenvalue weighted by Crippen LogP contribution is 2.51. The van der Waals surface area contributed by atoms with Crippen LogP contribution in [0.3, 0.4) is 0 Å². The molecule has 0 aromatic heterocycles. The summed E-state index contributed by atoms with van der Waals surface area (Å²) in [5, 5.41) is 3.37. The van der Waals surface area contributed by atoms with Gasteiger partial charge in [0.15, 0.2) is 5.78 Å². The molecule has 4 rings (SSSR count). The van der Waals surface area contributed by atoms with Gasteiger partial charge in [0, 0.05) is 23.9 Å². The Hall–Kier alpha value is -1.93.